The van der Waals surface area contributed by atoms with Crippen LogP contribution in [0.25, 0.3) is 0 Å². The minimum absolute atomic E-state index is 0.216. The molecule has 0 unspecified atom stereocenters. The first-order chi connectivity index (χ1) is 13.4. The SMILES string of the molecule is Cc1nc(COc2ccccc2C(=O)O[C@@H](C)C(=O)c2ccc(F)cc2)cs1. The van der Waals surface area contributed by atoms with Crippen molar-refractivity contribution in [3.05, 3.63) is 81.6 Å². The Morgan fingerprint density at radius 3 is 2.54 bits per heavy atom. The van der Waals surface area contributed by atoms with Gasteiger partial charge >= 0.3 is 5.97 Å². The van der Waals surface area contributed by atoms with E-state index < -0.39 is 23.7 Å². The lowest BCUT2D eigenvalue weighted by Gasteiger charge is -2.14. The van der Waals surface area contributed by atoms with Crippen molar-refractivity contribution in [1.29, 1.82) is 0 Å². The van der Waals surface area contributed by atoms with Gasteiger partial charge in [-0.05, 0) is 50.2 Å². The molecule has 1 atom stereocenters. The van der Waals surface area contributed by atoms with Crippen molar-refractivity contribution in [2.45, 2.75) is 26.6 Å². The highest BCUT2D eigenvalue weighted by Crippen LogP contribution is 2.22. The van der Waals surface area contributed by atoms with E-state index in [2.05, 4.69) is 4.98 Å². The van der Waals surface area contributed by atoms with Gasteiger partial charge in [0.25, 0.3) is 0 Å². The number of thiazole rings is 1. The molecule has 5 nitrogen and oxygen atoms in total. The molecule has 0 bridgehead atoms. The highest BCUT2D eigenvalue weighted by atomic mass is 32.1. The number of aromatic nitrogens is 1. The van der Waals surface area contributed by atoms with Crippen LogP contribution in [-0.4, -0.2) is 22.8 Å². The topological polar surface area (TPSA) is 65.5 Å². The summed E-state index contributed by atoms with van der Waals surface area (Å²) in [7, 11) is 0. The van der Waals surface area contributed by atoms with Crippen molar-refractivity contribution >= 4 is 23.1 Å². The average molecular weight is 399 g/mol. The Labute approximate surface area is 165 Å². The van der Waals surface area contributed by atoms with E-state index in [9.17, 15) is 14.0 Å². The molecule has 0 fully saturated rings. The van der Waals surface area contributed by atoms with Crippen molar-refractivity contribution in [3.8, 4) is 5.75 Å². The third kappa shape index (κ3) is 4.80. The lowest BCUT2D eigenvalue weighted by molar-refractivity contribution is 0.0314. The van der Waals surface area contributed by atoms with Gasteiger partial charge in [-0.25, -0.2) is 14.2 Å². The van der Waals surface area contributed by atoms with Gasteiger partial charge in [0.05, 0.1) is 10.7 Å². The molecule has 144 valence electrons. The Bertz CT molecular complexity index is 984. The van der Waals surface area contributed by atoms with Gasteiger partial charge in [-0.1, -0.05) is 12.1 Å². The van der Waals surface area contributed by atoms with Gasteiger partial charge in [0.1, 0.15) is 23.7 Å². The van der Waals surface area contributed by atoms with Crippen molar-refractivity contribution in [1.82, 2.24) is 4.98 Å². The predicted molar refractivity (Wildman–Crippen MR) is 103 cm³/mol. The molecule has 0 aliphatic carbocycles. The smallest absolute Gasteiger partial charge is 0.342 e. The maximum absolute atomic E-state index is 13.0. The maximum atomic E-state index is 13.0. The van der Waals surface area contributed by atoms with Gasteiger partial charge < -0.3 is 9.47 Å². The molecule has 0 amide bonds. The number of halogens is 1. The second-order valence-electron chi connectivity index (χ2n) is 6.06. The highest BCUT2D eigenvalue weighted by Gasteiger charge is 2.22. The number of nitrogens with zero attached hydrogens (tertiary/aromatic N) is 1. The zero-order valence-corrected chi connectivity index (χ0v) is 16.2. The van der Waals surface area contributed by atoms with Gasteiger partial charge in [-0.2, -0.15) is 0 Å². The molecule has 7 heteroatoms. The van der Waals surface area contributed by atoms with Gasteiger partial charge in [0.15, 0.2) is 6.10 Å². The number of benzene rings is 2. The summed E-state index contributed by atoms with van der Waals surface area (Å²) >= 11 is 1.52. The third-order valence-electron chi connectivity index (χ3n) is 3.93. The number of Topliss-reactive ketones (excluding diaryl/α,β-unsaturated/α-hetero) is 1. The highest BCUT2D eigenvalue weighted by molar-refractivity contribution is 7.09. The minimum Gasteiger partial charge on any atom is -0.486 e. The number of hydrogen-bond donors (Lipinski definition) is 0. The maximum Gasteiger partial charge on any atom is 0.342 e. The molecule has 3 aromatic rings. The number of carbonyl (C=O) groups excluding carboxylic acids is 2. The second-order valence-corrected chi connectivity index (χ2v) is 7.12. The van der Waals surface area contributed by atoms with E-state index in [-0.39, 0.29) is 17.7 Å². The molecule has 0 saturated carbocycles. The summed E-state index contributed by atoms with van der Waals surface area (Å²) in [5, 5.41) is 2.82. The van der Waals surface area contributed by atoms with Crippen LogP contribution in [0.5, 0.6) is 5.75 Å². The fraction of sp³-hybridized carbons (Fsp3) is 0.190. The number of hydrogen-bond acceptors (Lipinski definition) is 6. The fourth-order valence-electron chi connectivity index (χ4n) is 2.51. The molecule has 0 spiro atoms. The van der Waals surface area contributed by atoms with Crippen molar-refractivity contribution < 1.29 is 23.5 Å². The lowest BCUT2D eigenvalue weighted by Crippen LogP contribution is -2.24. The summed E-state index contributed by atoms with van der Waals surface area (Å²) < 4.78 is 24.0. The Balaban J connectivity index is 1.68. The van der Waals surface area contributed by atoms with E-state index in [4.69, 9.17) is 9.47 Å². The molecular weight excluding hydrogens is 381 g/mol. The number of aryl methyl sites for hydroxylation is 1. The van der Waals surface area contributed by atoms with Crippen molar-refractivity contribution in [2.75, 3.05) is 0 Å². The standard InChI is InChI=1S/C21H18FNO4S/c1-13(20(24)15-7-9-16(22)10-8-15)27-21(25)18-5-3-4-6-19(18)26-11-17-12-28-14(2)23-17/h3-10,12-13H,11H2,1-2H3/t13-/m0/s1. The summed E-state index contributed by atoms with van der Waals surface area (Å²) in [6.45, 7) is 3.60. The van der Waals surface area contributed by atoms with Gasteiger partial charge in [0.2, 0.25) is 5.78 Å². The summed E-state index contributed by atoms with van der Waals surface area (Å²) in [4.78, 5) is 29.3. The van der Waals surface area contributed by atoms with E-state index in [1.165, 1.54) is 42.5 Å². The first-order valence-electron chi connectivity index (χ1n) is 8.57. The first kappa shape index (κ1) is 19.7. The Hall–Kier alpha value is -3.06. The summed E-state index contributed by atoms with van der Waals surface area (Å²) in [6, 6.07) is 11.7. The van der Waals surface area contributed by atoms with Gasteiger partial charge in [-0.15, -0.1) is 11.3 Å². The molecule has 0 N–H and O–H groups in total. The Kier molecular flexibility index (Phi) is 6.16. The van der Waals surface area contributed by atoms with Crippen LogP contribution in [0.4, 0.5) is 4.39 Å². The molecule has 0 aliphatic heterocycles. The number of ether oxygens (including phenoxy) is 2. The summed E-state index contributed by atoms with van der Waals surface area (Å²) in [5.41, 5.74) is 1.25. The van der Waals surface area contributed by atoms with Crippen LogP contribution in [0.1, 0.15) is 38.3 Å². The Morgan fingerprint density at radius 1 is 1.14 bits per heavy atom. The zero-order valence-electron chi connectivity index (χ0n) is 15.3. The van der Waals surface area contributed by atoms with Crippen molar-refractivity contribution in [3.63, 3.8) is 0 Å². The van der Waals surface area contributed by atoms with E-state index >= 15 is 0 Å². The van der Waals surface area contributed by atoms with Crippen LogP contribution in [0.15, 0.2) is 53.9 Å². The molecule has 0 aliphatic rings. The van der Waals surface area contributed by atoms with Gasteiger partial charge in [0, 0.05) is 10.9 Å². The molecule has 2 aromatic carbocycles. The minimum atomic E-state index is -1.02. The molecule has 0 saturated heterocycles. The lowest BCUT2D eigenvalue weighted by atomic mass is 10.1. The van der Waals surface area contributed by atoms with Crippen LogP contribution in [-0.2, 0) is 11.3 Å². The molecule has 3 rings (SSSR count). The molecule has 1 heterocycles. The quantitative estimate of drug-likeness (QED) is 0.429. The van der Waals surface area contributed by atoms with Crippen LogP contribution in [0.3, 0.4) is 0 Å². The molecule has 28 heavy (non-hydrogen) atoms. The summed E-state index contributed by atoms with van der Waals surface area (Å²) in [6.07, 6.45) is -1.02. The predicted octanol–water partition coefficient (Wildman–Crippen LogP) is 4.60. The van der Waals surface area contributed by atoms with Gasteiger partial charge in [-0.3, -0.25) is 4.79 Å². The normalized spacial score (nSPS) is 11.7. The van der Waals surface area contributed by atoms with E-state index in [1.54, 1.807) is 24.3 Å². The number of rotatable bonds is 7. The van der Waals surface area contributed by atoms with E-state index in [0.29, 0.717) is 5.75 Å². The number of carbonyl (C=O) groups is 2. The first-order valence-corrected chi connectivity index (χ1v) is 9.45. The number of para-hydroxylation sites is 1. The van der Waals surface area contributed by atoms with Crippen molar-refractivity contribution in [2.24, 2.45) is 0 Å². The second kappa shape index (κ2) is 8.75. The molecule has 0 radical (unpaired) electrons. The zero-order chi connectivity index (χ0) is 20.1. The average Bonchev–Trinajstić information content (AvgIpc) is 3.11. The van der Waals surface area contributed by atoms with Crippen LogP contribution < -0.4 is 4.74 Å². The van der Waals surface area contributed by atoms with Crippen LogP contribution in [0.2, 0.25) is 0 Å². The molecular formula is C21H18FNO4S. The number of esters is 1. The Morgan fingerprint density at radius 2 is 1.86 bits per heavy atom. The third-order valence-corrected chi connectivity index (χ3v) is 4.75. The number of ketones is 1. The van der Waals surface area contributed by atoms with Crippen LogP contribution in [0, 0.1) is 12.7 Å². The van der Waals surface area contributed by atoms with Crippen LogP contribution >= 0.6 is 11.3 Å². The molecule has 1 aromatic heterocycles. The summed E-state index contributed by atoms with van der Waals surface area (Å²) in [5.74, 6) is -1.18. The van der Waals surface area contributed by atoms with E-state index in [1.807, 2.05) is 12.3 Å². The van der Waals surface area contributed by atoms with E-state index in [0.717, 1.165) is 10.7 Å². The monoisotopic (exact) mass is 399 g/mol. The fourth-order valence-corrected chi connectivity index (χ4v) is 3.11. The largest absolute Gasteiger partial charge is 0.486 e.